The first kappa shape index (κ1) is 11.7. The molecular formula is C15H24O2. The first-order chi connectivity index (χ1) is 8.06. The fourth-order valence-corrected chi connectivity index (χ4v) is 4.73. The lowest BCUT2D eigenvalue weighted by Gasteiger charge is -2.48. The Labute approximate surface area is 104 Å². The molecule has 3 aliphatic rings. The van der Waals surface area contributed by atoms with Crippen LogP contribution in [-0.4, -0.2) is 18.5 Å². The molecule has 0 aromatic carbocycles. The Morgan fingerprint density at radius 3 is 2.88 bits per heavy atom. The fraction of sp³-hybridized carbons (Fsp3) is 0.933. The van der Waals surface area contributed by atoms with Crippen LogP contribution < -0.4 is 0 Å². The SMILES string of the molecule is CC(C)C1CC(=O)C23CCCC(C)C2C1OC3. The molecule has 3 rings (SSSR count). The number of ether oxygens (including phenoxy) is 1. The molecule has 2 bridgehead atoms. The molecule has 1 saturated heterocycles. The second-order valence-corrected chi connectivity index (χ2v) is 6.86. The van der Waals surface area contributed by atoms with Gasteiger partial charge in [-0.2, -0.15) is 0 Å². The van der Waals surface area contributed by atoms with Crippen LogP contribution in [0.1, 0.15) is 46.5 Å². The number of Topliss-reactive ketones (excluding diaryl/α,β-unsaturated/α-hetero) is 1. The van der Waals surface area contributed by atoms with E-state index in [0.29, 0.717) is 42.2 Å². The van der Waals surface area contributed by atoms with Crippen molar-refractivity contribution in [1.29, 1.82) is 0 Å². The maximum Gasteiger partial charge on any atom is 0.142 e. The van der Waals surface area contributed by atoms with E-state index >= 15 is 0 Å². The predicted molar refractivity (Wildman–Crippen MR) is 66.6 cm³/mol. The molecule has 2 heteroatoms. The zero-order valence-electron chi connectivity index (χ0n) is 11.2. The van der Waals surface area contributed by atoms with Crippen LogP contribution in [0, 0.1) is 29.1 Å². The highest BCUT2D eigenvalue weighted by atomic mass is 16.5. The maximum atomic E-state index is 12.6. The second kappa shape index (κ2) is 3.81. The smallest absolute Gasteiger partial charge is 0.142 e. The van der Waals surface area contributed by atoms with Crippen LogP contribution in [0.5, 0.6) is 0 Å². The molecule has 5 unspecified atom stereocenters. The fourth-order valence-electron chi connectivity index (χ4n) is 4.73. The summed E-state index contributed by atoms with van der Waals surface area (Å²) in [4.78, 5) is 12.6. The van der Waals surface area contributed by atoms with Crippen LogP contribution >= 0.6 is 0 Å². The van der Waals surface area contributed by atoms with Crippen molar-refractivity contribution in [2.75, 3.05) is 6.61 Å². The monoisotopic (exact) mass is 236 g/mol. The quantitative estimate of drug-likeness (QED) is 0.699. The van der Waals surface area contributed by atoms with Crippen molar-refractivity contribution in [1.82, 2.24) is 0 Å². The molecule has 2 aliphatic carbocycles. The third-order valence-corrected chi connectivity index (χ3v) is 5.68. The van der Waals surface area contributed by atoms with Gasteiger partial charge < -0.3 is 4.74 Å². The van der Waals surface area contributed by atoms with Gasteiger partial charge >= 0.3 is 0 Å². The lowest BCUT2D eigenvalue weighted by atomic mass is 9.53. The van der Waals surface area contributed by atoms with E-state index in [1.54, 1.807) is 0 Å². The molecule has 1 heterocycles. The zero-order chi connectivity index (χ0) is 12.2. The van der Waals surface area contributed by atoms with Gasteiger partial charge in [-0.1, -0.05) is 33.6 Å². The number of rotatable bonds is 1. The molecular weight excluding hydrogens is 212 g/mol. The molecule has 0 radical (unpaired) electrons. The summed E-state index contributed by atoms with van der Waals surface area (Å²) in [5, 5.41) is 0. The number of carbonyl (C=O) groups is 1. The predicted octanol–water partition coefficient (Wildman–Crippen LogP) is 3.05. The molecule has 2 saturated carbocycles. The standard InChI is InChI=1S/C15H24O2/c1-9(2)11-7-12(16)15-6-4-5-10(3)13(15)14(11)17-8-15/h9-11,13-14H,4-8H2,1-3H3. The lowest BCUT2D eigenvalue weighted by Crippen LogP contribution is -2.52. The van der Waals surface area contributed by atoms with Crippen LogP contribution in [-0.2, 0) is 9.53 Å². The van der Waals surface area contributed by atoms with Gasteiger partial charge in [-0.05, 0) is 24.2 Å². The normalized spacial score (nSPS) is 49.5. The summed E-state index contributed by atoms with van der Waals surface area (Å²) in [5.74, 6) is 2.73. The van der Waals surface area contributed by atoms with Gasteiger partial charge in [0.1, 0.15) is 5.78 Å². The number of hydrogen-bond donors (Lipinski definition) is 0. The van der Waals surface area contributed by atoms with Gasteiger partial charge in [-0.3, -0.25) is 4.79 Å². The average Bonchev–Trinajstić information content (AvgIpc) is 2.61. The Morgan fingerprint density at radius 2 is 2.18 bits per heavy atom. The van der Waals surface area contributed by atoms with Gasteiger partial charge in [-0.25, -0.2) is 0 Å². The maximum absolute atomic E-state index is 12.6. The molecule has 0 aromatic heterocycles. The van der Waals surface area contributed by atoms with Gasteiger partial charge in [0.15, 0.2) is 0 Å². The summed E-state index contributed by atoms with van der Waals surface area (Å²) in [6.45, 7) is 7.52. The average molecular weight is 236 g/mol. The molecule has 5 atom stereocenters. The van der Waals surface area contributed by atoms with Crippen LogP contribution in [0.2, 0.25) is 0 Å². The Hall–Kier alpha value is -0.370. The molecule has 17 heavy (non-hydrogen) atoms. The third-order valence-electron chi connectivity index (χ3n) is 5.68. The summed E-state index contributed by atoms with van der Waals surface area (Å²) in [6, 6.07) is 0. The molecule has 0 amide bonds. The highest BCUT2D eigenvalue weighted by Crippen LogP contribution is 2.58. The van der Waals surface area contributed by atoms with Crippen molar-refractivity contribution in [3.8, 4) is 0 Å². The zero-order valence-corrected chi connectivity index (χ0v) is 11.2. The summed E-state index contributed by atoms with van der Waals surface area (Å²) < 4.78 is 6.11. The Balaban J connectivity index is 1.98. The largest absolute Gasteiger partial charge is 0.377 e. The van der Waals surface area contributed by atoms with Gasteiger partial charge in [0, 0.05) is 12.3 Å². The van der Waals surface area contributed by atoms with Crippen LogP contribution in [0.4, 0.5) is 0 Å². The first-order valence-corrected chi connectivity index (χ1v) is 7.21. The van der Waals surface area contributed by atoms with E-state index in [0.717, 1.165) is 12.8 Å². The second-order valence-electron chi connectivity index (χ2n) is 6.86. The van der Waals surface area contributed by atoms with Crippen LogP contribution in [0.25, 0.3) is 0 Å². The molecule has 0 aromatic rings. The van der Waals surface area contributed by atoms with E-state index in [-0.39, 0.29) is 5.41 Å². The number of hydrogen-bond acceptors (Lipinski definition) is 2. The number of carbonyl (C=O) groups excluding carboxylic acids is 1. The van der Waals surface area contributed by atoms with E-state index < -0.39 is 0 Å². The van der Waals surface area contributed by atoms with Crippen molar-refractivity contribution < 1.29 is 9.53 Å². The molecule has 2 nitrogen and oxygen atoms in total. The van der Waals surface area contributed by atoms with Crippen molar-refractivity contribution >= 4 is 5.78 Å². The van der Waals surface area contributed by atoms with E-state index in [1.165, 1.54) is 12.8 Å². The number of ketones is 1. The van der Waals surface area contributed by atoms with Crippen LogP contribution in [0.3, 0.4) is 0 Å². The Kier molecular flexibility index (Phi) is 2.62. The Morgan fingerprint density at radius 1 is 1.41 bits per heavy atom. The first-order valence-electron chi connectivity index (χ1n) is 7.21. The summed E-state index contributed by atoms with van der Waals surface area (Å²) in [6.07, 6.45) is 4.71. The van der Waals surface area contributed by atoms with Gasteiger partial charge in [0.2, 0.25) is 0 Å². The van der Waals surface area contributed by atoms with Crippen molar-refractivity contribution in [3.63, 3.8) is 0 Å². The van der Waals surface area contributed by atoms with Gasteiger partial charge in [0.05, 0.1) is 18.1 Å². The lowest BCUT2D eigenvalue weighted by molar-refractivity contribution is -0.140. The van der Waals surface area contributed by atoms with Gasteiger partial charge in [-0.15, -0.1) is 0 Å². The van der Waals surface area contributed by atoms with E-state index in [9.17, 15) is 4.79 Å². The van der Waals surface area contributed by atoms with Crippen molar-refractivity contribution in [3.05, 3.63) is 0 Å². The van der Waals surface area contributed by atoms with Gasteiger partial charge in [0.25, 0.3) is 0 Å². The highest BCUT2D eigenvalue weighted by molar-refractivity contribution is 5.87. The van der Waals surface area contributed by atoms with E-state index in [4.69, 9.17) is 4.74 Å². The minimum Gasteiger partial charge on any atom is -0.377 e. The molecule has 0 N–H and O–H groups in total. The minimum atomic E-state index is -0.0757. The molecule has 3 fully saturated rings. The summed E-state index contributed by atoms with van der Waals surface area (Å²) >= 11 is 0. The van der Waals surface area contributed by atoms with Crippen molar-refractivity contribution in [2.45, 2.75) is 52.6 Å². The van der Waals surface area contributed by atoms with Crippen LogP contribution in [0.15, 0.2) is 0 Å². The molecule has 0 spiro atoms. The minimum absolute atomic E-state index is 0.0757. The topological polar surface area (TPSA) is 26.3 Å². The van der Waals surface area contributed by atoms with Crippen molar-refractivity contribution in [2.24, 2.45) is 29.1 Å². The Bertz CT molecular complexity index is 336. The summed E-state index contributed by atoms with van der Waals surface area (Å²) in [5.41, 5.74) is -0.0757. The third kappa shape index (κ3) is 1.46. The van der Waals surface area contributed by atoms with E-state index in [2.05, 4.69) is 20.8 Å². The summed E-state index contributed by atoms with van der Waals surface area (Å²) in [7, 11) is 0. The highest BCUT2D eigenvalue weighted by Gasteiger charge is 2.62. The molecule has 96 valence electrons. The molecule has 1 aliphatic heterocycles. The van der Waals surface area contributed by atoms with E-state index in [1.807, 2.05) is 0 Å².